The van der Waals surface area contributed by atoms with Crippen LogP contribution in [0.4, 0.5) is 0 Å². The molecular formula is C15H17ClN2OS. The van der Waals surface area contributed by atoms with Crippen molar-refractivity contribution >= 4 is 39.1 Å². The molecule has 0 aliphatic heterocycles. The molecule has 0 saturated heterocycles. The van der Waals surface area contributed by atoms with E-state index < -0.39 is 11.0 Å². The van der Waals surface area contributed by atoms with Gasteiger partial charge in [0.25, 0.3) is 0 Å². The molecule has 0 N–H and O–H groups in total. The lowest BCUT2D eigenvalue weighted by molar-refractivity contribution is 0.650. The van der Waals surface area contributed by atoms with Gasteiger partial charge >= 0.3 is 0 Å². The fourth-order valence-electron chi connectivity index (χ4n) is 1.65. The van der Waals surface area contributed by atoms with Gasteiger partial charge in [-0.2, -0.15) is 4.40 Å². The van der Waals surface area contributed by atoms with Crippen molar-refractivity contribution in [1.29, 1.82) is 0 Å². The summed E-state index contributed by atoms with van der Waals surface area (Å²) in [4.78, 5) is 4.05. The molecule has 3 nitrogen and oxygen atoms in total. The van der Waals surface area contributed by atoms with E-state index in [9.17, 15) is 4.21 Å². The Balaban J connectivity index is 2.42. The van der Waals surface area contributed by atoms with Gasteiger partial charge in [0, 0.05) is 11.6 Å². The largest absolute Gasteiger partial charge is 0.244 e. The number of hydrogen-bond acceptors (Lipinski definition) is 2. The molecule has 1 heterocycles. The van der Waals surface area contributed by atoms with Crippen LogP contribution in [-0.2, 0) is 11.0 Å². The van der Waals surface area contributed by atoms with Crippen LogP contribution < -0.4 is 0 Å². The number of aromatic nitrogens is 1. The quantitative estimate of drug-likeness (QED) is 0.617. The third-order valence-electron chi connectivity index (χ3n) is 2.85. The molecule has 0 bridgehead atoms. The van der Waals surface area contributed by atoms with Crippen molar-refractivity contribution in [3.8, 4) is 0 Å². The summed E-state index contributed by atoms with van der Waals surface area (Å²) in [5, 5.41) is 2.48. The second-order valence-electron chi connectivity index (χ2n) is 5.61. The average molecular weight is 309 g/mol. The summed E-state index contributed by atoms with van der Waals surface area (Å²) in [6.07, 6.45) is 1.74. The summed E-state index contributed by atoms with van der Waals surface area (Å²) < 4.78 is 16.0. The van der Waals surface area contributed by atoms with Crippen LogP contribution in [0.5, 0.6) is 0 Å². The molecule has 0 radical (unpaired) electrons. The van der Waals surface area contributed by atoms with E-state index in [1.807, 2.05) is 52.0 Å². The van der Waals surface area contributed by atoms with Gasteiger partial charge in [-0.15, -0.1) is 0 Å². The Hall–Kier alpha value is -1.26. The molecule has 2 rings (SSSR count). The van der Waals surface area contributed by atoms with Gasteiger partial charge in [0.1, 0.15) is 16.1 Å². The van der Waals surface area contributed by atoms with Gasteiger partial charge in [0.15, 0.2) is 0 Å². The first-order valence-electron chi connectivity index (χ1n) is 6.30. The number of rotatable bonds is 2. The molecule has 0 amide bonds. The molecule has 0 aliphatic rings. The van der Waals surface area contributed by atoms with E-state index in [0.717, 1.165) is 22.0 Å². The number of nitrogens with zero attached hydrogens (tertiary/aromatic N) is 2. The van der Waals surface area contributed by atoms with Crippen LogP contribution in [0.3, 0.4) is 0 Å². The zero-order valence-corrected chi connectivity index (χ0v) is 13.5. The smallest absolute Gasteiger partial charge is 0.145 e. The first kappa shape index (κ1) is 15.1. The normalized spacial score (nSPS) is 14.6. The fourth-order valence-corrected chi connectivity index (χ4v) is 2.45. The maximum absolute atomic E-state index is 12.1. The third kappa shape index (κ3) is 3.44. The number of pyridine rings is 1. The van der Waals surface area contributed by atoms with Crippen LogP contribution in [0, 0.1) is 0 Å². The highest BCUT2D eigenvalue weighted by molar-refractivity contribution is 7.85. The maximum atomic E-state index is 12.1. The summed E-state index contributed by atoms with van der Waals surface area (Å²) >= 11 is 5.90. The van der Waals surface area contributed by atoms with Crippen molar-refractivity contribution in [3.63, 3.8) is 0 Å². The first-order valence-corrected chi connectivity index (χ1v) is 7.79. The van der Waals surface area contributed by atoms with Crippen LogP contribution in [-0.4, -0.2) is 19.7 Å². The fraction of sp³-hybridized carbons (Fsp3) is 0.333. The summed E-state index contributed by atoms with van der Waals surface area (Å²) in [6.45, 7) is 7.59. The summed E-state index contributed by atoms with van der Waals surface area (Å²) in [5.74, 6) is 0. The topological polar surface area (TPSA) is 42.3 Å². The molecular weight excluding hydrogens is 292 g/mol. The maximum Gasteiger partial charge on any atom is 0.145 e. The zero-order chi connectivity index (χ0) is 14.9. The van der Waals surface area contributed by atoms with Crippen molar-refractivity contribution in [1.82, 2.24) is 4.98 Å². The van der Waals surface area contributed by atoms with E-state index in [1.54, 1.807) is 6.20 Å². The highest BCUT2D eigenvalue weighted by Crippen LogP contribution is 2.20. The van der Waals surface area contributed by atoms with Crippen LogP contribution in [0.2, 0.25) is 5.15 Å². The summed E-state index contributed by atoms with van der Waals surface area (Å²) in [7, 11) is -1.26. The minimum absolute atomic E-state index is 0.356. The lowest BCUT2D eigenvalue weighted by atomic mass is 10.1. The van der Waals surface area contributed by atoms with E-state index in [2.05, 4.69) is 9.38 Å². The van der Waals surface area contributed by atoms with Gasteiger partial charge < -0.3 is 0 Å². The minimum atomic E-state index is -1.26. The highest BCUT2D eigenvalue weighted by Gasteiger charge is 2.19. The van der Waals surface area contributed by atoms with Gasteiger partial charge in [-0.05, 0) is 50.8 Å². The van der Waals surface area contributed by atoms with E-state index in [4.69, 9.17) is 11.6 Å². The van der Waals surface area contributed by atoms with Crippen LogP contribution in [0.15, 0.2) is 34.9 Å². The first-order chi connectivity index (χ1) is 9.27. The Morgan fingerprint density at radius 2 is 1.95 bits per heavy atom. The number of fused-ring (bicyclic) bond motifs is 1. The monoisotopic (exact) mass is 308 g/mol. The molecule has 1 aromatic carbocycles. The standard InChI is InChI=1S/C15H17ClN2OS/c1-10(18-20(19)15(2,3)4)11-5-6-12-9-17-14(16)8-13(12)7-11/h5-9H,1-4H3/t20-/m1/s1. The van der Waals surface area contributed by atoms with E-state index in [-0.39, 0.29) is 4.75 Å². The Kier molecular flexibility index (Phi) is 4.25. The molecule has 0 aliphatic carbocycles. The van der Waals surface area contributed by atoms with Crippen molar-refractivity contribution in [3.05, 3.63) is 41.2 Å². The summed E-state index contributed by atoms with van der Waals surface area (Å²) in [6, 6.07) is 7.72. The molecule has 0 saturated carbocycles. The number of halogens is 1. The molecule has 1 atom stereocenters. The number of benzene rings is 1. The minimum Gasteiger partial charge on any atom is -0.244 e. The number of hydrogen-bond donors (Lipinski definition) is 0. The predicted molar refractivity (Wildman–Crippen MR) is 86.9 cm³/mol. The Morgan fingerprint density at radius 3 is 2.60 bits per heavy atom. The van der Waals surface area contributed by atoms with Gasteiger partial charge in [0.2, 0.25) is 0 Å². The van der Waals surface area contributed by atoms with Gasteiger partial charge in [-0.25, -0.2) is 9.19 Å². The average Bonchev–Trinajstić information content (AvgIpc) is 2.36. The Labute approximate surface area is 126 Å². The second-order valence-corrected chi connectivity index (χ2v) is 7.90. The van der Waals surface area contributed by atoms with Crippen LogP contribution in [0.25, 0.3) is 10.8 Å². The van der Waals surface area contributed by atoms with Crippen LogP contribution >= 0.6 is 11.6 Å². The molecule has 0 spiro atoms. The molecule has 0 fully saturated rings. The molecule has 1 aromatic heterocycles. The third-order valence-corrected chi connectivity index (χ3v) is 4.54. The SMILES string of the molecule is CC(=N[S@](=O)C(C)(C)C)c1ccc2cnc(Cl)cc2c1. The van der Waals surface area contributed by atoms with Crippen molar-refractivity contribution in [2.45, 2.75) is 32.4 Å². The van der Waals surface area contributed by atoms with Crippen molar-refractivity contribution in [2.75, 3.05) is 0 Å². The predicted octanol–water partition coefficient (Wildman–Crippen LogP) is 4.16. The van der Waals surface area contributed by atoms with Crippen LogP contribution in [0.1, 0.15) is 33.3 Å². The second kappa shape index (κ2) is 5.62. The van der Waals surface area contributed by atoms with Crippen molar-refractivity contribution < 1.29 is 4.21 Å². The van der Waals surface area contributed by atoms with Crippen molar-refractivity contribution in [2.24, 2.45) is 4.40 Å². The lowest BCUT2D eigenvalue weighted by Crippen LogP contribution is -2.20. The molecule has 5 heteroatoms. The molecule has 2 aromatic rings. The van der Waals surface area contributed by atoms with Gasteiger partial charge in [0.05, 0.1) is 10.5 Å². The van der Waals surface area contributed by atoms with Gasteiger partial charge in [-0.3, -0.25) is 0 Å². The lowest BCUT2D eigenvalue weighted by Gasteiger charge is -2.14. The Morgan fingerprint density at radius 1 is 1.25 bits per heavy atom. The summed E-state index contributed by atoms with van der Waals surface area (Å²) in [5.41, 5.74) is 1.70. The Bertz CT molecular complexity index is 705. The van der Waals surface area contributed by atoms with E-state index in [1.165, 1.54) is 0 Å². The molecule has 0 unspecified atom stereocenters. The van der Waals surface area contributed by atoms with E-state index in [0.29, 0.717) is 5.15 Å². The highest BCUT2D eigenvalue weighted by atomic mass is 35.5. The van der Waals surface area contributed by atoms with Gasteiger partial charge in [-0.1, -0.05) is 23.7 Å². The molecule has 20 heavy (non-hydrogen) atoms. The zero-order valence-electron chi connectivity index (χ0n) is 12.0. The van der Waals surface area contributed by atoms with E-state index >= 15 is 0 Å². The molecule has 106 valence electrons.